The summed E-state index contributed by atoms with van der Waals surface area (Å²) in [5.41, 5.74) is 5.14. The van der Waals surface area contributed by atoms with E-state index in [1.54, 1.807) is 0 Å². The fourth-order valence-corrected chi connectivity index (χ4v) is 3.12. The molecule has 0 aliphatic carbocycles. The van der Waals surface area contributed by atoms with Crippen molar-refractivity contribution in [3.05, 3.63) is 94.8 Å². The molecule has 0 saturated carbocycles. The molecule has 2 rings (SSSR count). The fourth-order valence-electron chi connectivity index (χ4n) is 3.12. The number of aryl methyl sites for hydroxylation is 1. The first kappa shape index (κ1) is 21.7. The van der Waals surface area contributed by atoms with Gasteiger partial charge in [0.15, 0.2) is 5.76 Å². The lowest BCUT2D eigenvalue weighted by Gasteiger charge is -2.18. The van der Waals surface area contributed by atoms with Crippen molar-refractivity contribution in [2.75, 3.05) is 6.61 Å². The van der Waals surface area contributed by atoms with Crippen molar-refractivity contribution in [1.82, 2.24) is 0 Å². The normalized spacial score (nSPS) is 12.9. The van der Waals surface area contributed by atoms with Crippen molar-refractivity contribution in [3.8, 4) is 0 Å². The topological polar surface area (TPSA) is 26.3 Å². The van der Waals surface area contributed by atoms with Crippen LogP contribution in [0.25, 0.3) is 0 Å². The van der Waals surface area contributed by atoms with Crippen molar-refractivity contribution in [2.45, 2.75) is 47.0 Å². The van der Waals surface area contributed by atoms with Gasteiger partial charge in [-0.3, -0.25) is 4.79 Å². The Balaban J connectivity index is 2.03. The minimum Gasteiger partial charge on any atom is -0.489 e. The van der Waals surface area contributed by atoms with Crippen molar-refractivity contribution in [1.29, 1.82) is 0 Å². The van der Waals surface area contributed by atoms with E-state index in [4.69, 9.17) is 4.74 Å². The lowest BCUT2D eigenvalue weighted by atomic mass is 9.97. The molecule has 2 heteroatoms. The van der Waals surface area contributed by atoms with Crippen LogP contribution in [0.2, 0.25) is 0 Å². The van der Waals surface area contributed by atoms with Gasteiger partial charge >= 0.3 is 0 Å². The highest BCUT2D eigenvalue weighted by atomic mass is 16.5. The number of carbonyl (C=O) groups excluding carboxylic acids is 1. The molecule has 0 aliphatic heterocycles. The van der Waals surface area contributed by atoms with Crippen LogP contribution in [0.4, 0.5) is 0 Å². The molecular formula is C26H32O2. The van der Waals surface area contributed by atoms with Gasteiger partial charge < -0.3 is 4.74 Å². The molecule has 0 N–H and O–H groups in total. The maximum atomic E-state index is 13.0. The highest BCUT2D eigenvalue weighted by Crippen LogP contribution is 2.20. The molecule has 0 aliphatic rings. The van der Waals surface area contributed by atoms with Gasteiger partial charge in [0.25, 0.3) is 0 Å². The molecule has 0 heterocycles. The monoisotopic (exact) mass is 376 g/mol. The van der Waals surface area contributed by atoms with Gasteiger partial charge in [0, 0.05) is 12.0 Å². The predicted molar refractivity (Wildman–Crippen MR) is 117 cm³/mol. The van der Waals surface area contributed by atoms with Crippen LogP contribution in [0.5, 0.6) is 0 Å². The number of ether oxygens (including phenoxy) is 1. The molecular weight excluding hydrogens is 344 g/mol. The van der Waals surface area contributed by atoms with Gasteiger partial charge in [0.05, 0.1) is 6.61 Å². The minimum absolute atomic E-state index is 0.0745. The summed E-state index contributed by atoms with van der Waals surface area (Å²) in [7, 11) is 0. The Morgan fingerprint density at radius 2 is 1.71 bits per heavy atom. The van der Waals surface area contributed by atoms with E-state index in [-0.39, 0.29) is 5.78 Å². The summed E-state index contributed by atoms with van der Waals surface area (Å²) in [6, 6.07) is 18.5. The lowest BCUT2D eigenvalue weighted by Crippen LogP contribution is -2.17. The number of hydrogen-bond acceptors (Lipinski definition) is 2. The number of Topliss-reactive ketones (excluding diaryl/α,β-unsaturated/α-hetero) is 1. The van der Waals surface area contributed by atoms with Crippen molar-refractivity contribution in [2.24, 2.45) is 5.92 Å². The van der Waals surface area contributed by atoms with Crippen LogP contribution >= 0.6 is 0 Å². The van der Waals surface area contributed by atoms with Gasteiger partial charge in [-0.15, -0.1) is 0 Å². The van der Waals surface area contributed by atoms with Crippen LogP contribution in [0, 0.1) is 12.8 Å². The van der Waals surface area contributed by atoms with Crippen LogP contribution in [-0.2, 0) is 22.4 Å². The van der Waals surface area contributed by atoms with Gasteiger partial charge in [-0.1, -0.05) is 75.0 Å². The quantitative estimate of drug-likeness (QED) is 0.362. The molecule has 2 aromatic carbocycles. The van der Waals surface area contributed by atoms with Gasteiger partial charge in [0.2, 0.25) is 5.78 Å². The molecule has 1 unspecified atom stereocenters. The highest BCUT2D eigenvalue weighted by Gasteiger charge is 2.19. The molecule has 0 bridgehead atoms. The van der Waals surface area contributed by atoms with Crippen LogP contribution in [0.15, 0.2) is 78.1 Å². The fraction of sp³-hybridized carbons (Fsp3) is 0.346. The first-order valence-corrected chi connectivity index (χ1v) is 10.1. The SMILES string of the molecule is C=C(Cc1ccccc1C)C(=O)C(OCC(C)Cc1ccccc1)=C(C)CC. The number of hydrogen-bond donors (Lipinski definition) is 0. The Kier molecular flexibility index (Phi) is 8.25. The Morgan fingerprint density at radius 3 is 2.36 bits per heavy atom. The van der Waals surface area contributed by atoms with Crippen molar-refractivity contribution >= 4 is 5.78 Å². The van der Waals surface area contributed by atoms with E-state index in [1.165, 1.54) is 11.1 Å². The van der Waals surface area contributed by atoms with Crippen LogP contribution in [-0.4, -0.2) is 12.4 Å². The minimum atomic E-state index is -0.0745. The zero-order chi connectivity index (χ0) is 20.5. The zero-order valence-electron chi connectivity index (χ0n) is 17.6. The standard InChI is InChI=1S/C26H32O2/c1-6-20(3)26(28-18-19(2)16-23-13-8-7-9-14-23)25(27)22(5)17-24-15-11-10-12-21(24)4/h7-15,19H,5-6,16-18H2,1-4H3. The van der Waals surface area contributed by atoms with Crippen LogP contribution in [0.3, 0.4) is 0 Å². The van der Waals surface area contributed by atoms with Crippen molar-refractivity contribution in [3.63, 3.8) is 0 Å². The maximum absolute atomic E-state index is 13.0. The maximum Gasteiger partial charge on any atom is 0.223 e. The molecule has 1 atom stereocenters. The highest BCUT2D eigenvalue weighted by molar-refractivity contribution is 6.07. The third-order valence-corrected chi connectivity index (χ3v) is 5.05. The van der Waals surface area contributed by atoms with Gasteiger partial charge in [-0.25, -0.2) is 0 Å². The summed E-state index contributed by atoms with van der Waals surface area (Å²) in [5, 5.41) is 0. The molecule has 0 radical (unpaired) electrons. The summed E-state index contributed by atoms with van der Waals surface area (Å²) in [6.45, 7) is 12.8. The largest absolute Gasteiger partial charge is 0.489 e. The molecule has 0 aromatic heterocycles. The number of ketones is 1. The Bertz CT molecular complexity index is 831. The van der Waals surface area contributed by atoms with Crippen LogP contribution in [0.1, 0.15) is 43.9 Å². The first-order valence-electron chi connectivity index (χ1n) is 10.1. The molecule has 0 spiro atoms. The van der Waals surface area contributed by atoms with E-state index in [0.717, 1.165) is 24.0 Å². The second kappa shape index (κ2) is 10.7. The summed E-state index contributed by atoms with van der Waals surface area (Å²) >= 11 is 0. The van der Waals surface area contributed by atoms with E-state index in [9.17, 15) is 4.79 Å². The summed E-state index contributed by atoms with van der Waals surface area (Å²) < 4.78 is 6.05. The molecule has 2 aromatic rings. The molecule has 0 amide bonds. The molecule has 148 valence electrons. The summed E-state index contributed by atoms with van der Waals surface area (Å²) in [5.74, 6) is 0.718. The Morgan fingerprint density at radius 1 is 1.07 bits per heavy atom. The smallest absolute Gasteiger partial charge is 0.223 e. The second-order valence-electron chi connectivity index (χ2n) is 7.60. The van der Waals surface area contributed by atoms with Crippen molar-refractivity contribution < 1.29 is 9.53 Å². The first-order chi connectivity index (χ1) is 13.4. The Labute approximate surface area is 169 Å². The van der Waals surface area contributed by atoms with Crippen LogP contribution < -0.4 is 0 Å². The summed E-state index contributed by atoms with van der Waals surface area (Å²) in [6.07, 6.45) is 2.26. The third kappa shape index (κ3) is 6.23. The molecule has 2 nitrogen and oxygen atoms in total. The number of rotatable bonds is 10. The molecule has 0 fully saturated rings. The van der Waals surface area contributed by atoms with E-state index in [2.05, 4.69) is 50.8 Å². The number of benzene rings is 2. The van der Waals surface area contributed by atoms with E-state index < -0.39 is 0 Å². The summed E-state index contributed by atoms with van der Waals surface area (Å²) in [4.78, 5) is 13.0. The lowest BCUT2D eigenvalue weighted by molar-refractivity contribution is -0.115. The van der Waals surface area contributed by atoms with E-state index in [0.29, 0.717) is 30.3 Å². The number of allylic oxidation sites excluding steroid dienone is 2. The second-order valence-corrected chi connectivity index (χ2v) is 7.60. The Hall–Kier alpha value is -2.61. The predicted octanol–water partition coefficient (Wildman–Crippen LogP) is 6.24. The number of carbonyl (C=O) groups is 1. The average molecular weight is 377 g/mol. The third-order valence-electron chi connectivity index (χ3n) is 5.05. The van der Waals surface area contributed by atoms with Gasteiger partial charge in [-0.2, -0.15) is 0 Å². The zero-order valence-corrected chi connectivity index (χ0v) is 17.6. The molecule has 0 saturated heterocycles. The van der Waals surface area contributed by atoms with Gasteiger partial charge in [-0.05, 0) is 54.9 Å². The average Bonchev–Trinajstić information content (AvgIpc) is 2.70. The van der Waals surface area contributed by atoms with E-state index in [1.807, 2.05) is 38.1 Å². The molecule has 28 heavy (non-hydrogen) atoms. The van der Waals surface area contributed by atoms with E-state index >= 15 is 0 Å². The van der Waals surface area contributed by atoms with Gasteiger partial charge in [0.1, 0.15) is 0 Å².